The van der Waals surface area contributed by atoms with Crippen LogP contribution in [0.15, 0.2) is 8.94 Å². The molecule has 0 amide bonds. The van der Waals surface area contributed by atoms with Gasteiger partial charge in [-0.2, -0.15) is 0 Å². The second kappa shape index (κ2) is 5.36. The molecule has 1 atom stereocenters. The van der Waals surface area contributed by atoms with Crippen LogP contribution in [0.25, 0.3) is 0 Å². The molecule has 1 fully saturated rings. The number of hydrogen-bond donors (Lipinski definition) is 1. The summed E-state index contributed by atoms with van der Waals surface area (Å²) in [6.45, 7) is 6.61. The van der Waals surface area contributed by atoms with Crippen LogP contribution in [0.3, 0.4) is 0 Å². The smallest absolute Gasteiger partial charge is 0.230 e. The standard InChI is InChI=1S/C14H20N4O2/c1-4-11(13-8(2)18-20-9(13)3)15-7-12-16-17-14(19-12)10-5-6-10/h10-11,15H,4-7H2,1-3H3. The molecular weight excluding hydrogens is 256 g/mol. The first kappa shape index (κ1) is 13.3. The zero-order valence-corrected chi connectivity index (χ0v) is 12.1. The van der Waals surface area contributed by atoms with Crippen LogP contribution in [0, 0.1) is 13.8 Å². The summed E-state index contributed by atoms with van der Waals surface area (Å²) in [5.74, 6) is 2.80. The molecule has 6 nitrogen and oxygen atoms in total. The summed E-state index contributed by atoms with van der Waals surface area (Å²) in [5.41, 5.74) is 2.07. The molecular formula is C14H20N4O2. The maximum atomic E-state index is 5.66. The van der Waals surface area contributed by atoms with Crippen molar-refractivity contribution in [3.8, 4) is 0 Å². The fourth-order valence-corrected chi connectivity index (χ4v) is 2.48. The fraction of sp³-hybridized carbons (Fsp3) is 0.643. The third-order valence-corrected chi connectivity index (χ3v) is 3.75. The summed E-state index contributed by atoms with van der Waals surface area (Å²) in [6.07, 6.45) is 3.30. The van der Waals surface area contributed by atoms with Gasteiger partial charge in [-0.25, -0.2) is 0 Å². The van der Waals surface area contributed by atoms with Gasteiger partial charge in [0.25, 0.3) is 0 Å². The SMILES string of the molecule is CCC(NCc1nnc(C2CC2)o1)c1c(C)noc1C. The number of aromatic nitrogens is 3. The van der Waals surface area contributed by atoms with Gasteiger partial charge in [0.1, 0.15) is 5.76 Å². The van der Waals surface area contributed by atoms with Crippen LogP contribution < -0.4 is 5.32 Å². The van der Waals surface area contributed by atoms with Crippen LogP contribution in [-0.4, -0.2) is 15.4 Å². The molecule has 2 aromatic heterocycles. The normalized spacial score (nSPS) is 16.6. The van der Waals surface area contributed by atoms with Crippen LogP contribution in [0.5, 0.6) is 0 Å². The predicted octanol–water partition coefficient (Wildman–Crippen LogP) is 2.79. The van der Waals surface area contributed by atoms with E-state index in [-0.39, 0.29) is 6.04 Å². The lowest BCUT2D eigenvalue weighted by atomic mass is 10.0. The Morgan fingerprint density at radius 1 is 1.30 bits per heavy atom. The van der Waals surface area contributed by atoms with Crippen molar-refractivity contribution in [3.05, 3.63) is 28.8 Å². The maximum absolute atomic E-state index is 5.66. The second-order valence-electron chi connectivity index (χ2n) is 5.39. The van der Waals surface area contributed by atoms with Gasteiger partial charge < -0.3 is 14.3 Å². The summed E-state index contributed by atoms with van der Waals surface area (Å²) in [6, 6.07) is 0.192. The molecule has 1 aliphatic rings. The van der Waals surface area contributed by atoms with E-state index in [0.717, 1.165) is 29.3 Å². The summed E-state index contributed by atoms with van der Waals surface area (Å²) >= 11 is 0. The zero-order chi connectivity index (χ0) is 14.1. The first-order valence-corrected chi connectivity index (χ1v) is 7.17. The summed E-state index contributed by atoms with van der Waals surface area (Å²) in [4.78, 5) is 0. The van der Waals surface area contributed by atoms with E-state index < -0.39 is 0 Å². The molecule has 0 aliphatic heterocycles. The van der Waals surface area contributed by atoms with Crippen molar-refractivity contribution in [2.45, 2.75) is 58.5 Å². The number of aryl methyl sites for hydroxylation is 2. The van der Waals surface area contributed by atoms with Gasteiger partial charge in [-0.3, -0.25) is 0 Å². The van der Waals surface area contributed by atoms with Crippen LogP contribution in [0.2, 0.25) is 0 Å². The average Bonchev–Trinajstić information content (AvgIpc) is 3.11. The predicted molar refractivity (Wildman–Crippen MR) is 72.1 cm³/mol. The van der Waals surface area contributed by atoms with Crippen LogP contribution in [0.4, 0.5) is 0 Å². The number of nitrogens with zero attached hydrogens (tertiary/aromatic N) is 3. The molecule has 0 spiro atoms. The van der Waals surface area contributed by atoms with Crippen LogP contribution in [0.1, 0.15) is 66.9 Å². The van der Waals surface area contributed by atoms with Gasteiger partial charge in [0.15, 0.2) is 0 Å². The van der Waals surface area contributed by atoms with Crippen molar-refractivity contribution in [1.29, 1.82) is 0 Å². The van der Waals surface area contributed by atoms with E-state index >= 15 is 0 Å². The lowest BCUT2D eigenvalue weighted by molar-refractivity contribution is 0.385. The number of hydrogen-bond acceptors (Lipinski definition) is 6. The Morgan fingerprint density at radius 2 is 2.10 bits per heavy atom. The van der Waals surface area contributed by atoms with Crippen molar-refractivity contribution < 1.29 is 8.94 Å². The van der Waals surface area contributed by atoms with Gasteiger partial charge in [0.2, 0.25) is 11.8 Å². The molecule has 0 aromatic carbocycles. The highest BCUT2D eigenvalue weighted by Gasteiger charge is 2.29. The molecule has 0 bridgehead atoms. The van der Waals surface area contributed by atoms with E-state index in [2.05, 4.69) is 27.6 Å². The molecule has 6 heteroatoms. The van der Waals surface area contributed by atoms with Gasteiger partial charge in [-0.05, 0) is 33.1 Å². The quantitative estimate of drug-likeness (QED) is 0.874. The molecule has 2 heterocycles. The molecule has 1 aliphatic carbocycles. The minimum absolute atomic E-state index is 0.192. The Hall–Kier alpha value is -1.69. The highest BCUT2D eigenvalue weighted by Crippen LogP contribution is 2.39. The zero-order valence-electron chi connectivity index (χ0n) is 12.1. The van der Waals surface area contributed by atoms with Crippen molar-refractivity contribution in [2.24, 2.45) is 0 Å². The van der Waals surface area contributed by atoms with Crippen molar-refractivity contribution >= 4 is 0 Å². The highest BCUT2D eigenvalue weighted by atomic mass is 16.5. The van der Waals surface area contributed by atoms with E-state index in [1.807, 2.05) is 13.8 Å². The molecule has 20 heavy (non-hydrogen) atoms. The van der Waals surface area contributed by atoms with Gasteiger partial charge in [-0.15, -0.1) is 10.2 Å². The monoisotopic (exact) mass is 276 g/mol. The van der Waals surface area contributed by atoms with E-state index in [0.29, 0.717) is 18.4 Å². The van der Waals surface area contributed by atoms with Crippen LogP contribution >= 0.6 is 0 Å². The van der Waals surface area contributed by atoms with E-state index in [1.165, 1.54) is 12.8 Å². The molecule has 1 N–H and O–H groups in total. The molecule has 0 radical (unpaired) electrons. The minimum atomic E-state index is 0.192. The topological polar surface area (TPSA) is 77.0 Å². The molecule has 3 rings (SSSR count). The Morgan fingerprint density at radius 3 is 2.70 bits per heavy atom. The molecule has 0 saturated heterocycles. The Kier molecular flexibility index (Phi) is 3.56. The average molecular weight is 276 g/mol. The van der Waals surface area contributed by atoms with Gasteiger partial charge >= 0.3 is 0 Å². The van der Waals surface area contributed by atoms with Crippen molar-refractivity contribution in [1.82, 2.24) is 20.7 Å². The third kappa shape index (κ3) is 2.60. The summed E-state index contributed by atoms with van der Waals surface area (Å²) in [5, 5.41) is 15.6. The van der Waals surface area contributed by atoms with Crippen molar-refractivity contribution in [2.75, 3.05) is 0 Å². The van der Waals surface area contributed by atoms with Gasteiger partial charge in [0, 0.05) is 17.5 Å². The summed E-state index contributed by atoms with van der Waals surface area (Å²) < 4.78 is 10.9. The Labute approximate surface area is 117 Å². The van der Waals surface area contributed by atoms with Gasteiger partial charge in [0.05, 0.1) is 12.2 Å². The third-order valence-electron chi connectivity index (χ3n) is 3.75. The molecule has 1 unspecified atom stereocenters. The first-order chi connectivity index (χ1) is 9.69. The number of rotatable bonds is 6. The number of nitrogens with one attached hydrogen (secondary N) is 1. The largest absolute Gasteiger partial charge is 0.424 e. The molecule has 1 saturated carbocycles. The van der Waals surface area contributed by atoms with Crippen molar-refractivity contribution in [3.63, 3.8) is 0 Å². The first-order valence-electron chi connectivity index (χ1n) is 7.17. The van der Waals surface area contributed by atoms with E-state index in [4.69, 9.17) is 8.94 Å². The van der Waals surface area contributed by atoms with Gasteiger partial charge in [-0.1, -0.05) is 12.1 Å². The van der Waals surface area contributed by atoms with E-state index in [9.17, 15) is 0 Å². The second-order valence-corrected chi connectivity index (χ2v) is 5.39. The molecule has 108 valence electrons. The van der Waals surface area contributed by atoms with Crippen LogP contribution in [-0.2, 0) is 6.54 Å². The Balaban J connectivity index is 1.65. The highest BCUT2D eigenvalue weighted by molar-refractivity contribution is 5.24. The lowest BCUT2D eigenvalue weighted by Crippen LogP contribution is -2.21. The van der Waals surface area contributed by atoms with E-state index in [1.54, 1.807) is 0 Å². The maximum Gasteiger partial charge on any atom is 0.230 e. The Bertz CT molecular complexity index is 566. The minimum Gasteiger partial charge on any atom is -0.424 e. The molecule has 2 aromatic rings. The summed E-state index contributed by atoms with van der Waals surface area (Å²) in [7, 11) is 0. The lowest BCUT2D eigenvalue weighted by Gasteiger charge is -2.15. The fourth-order valence-electron chi connectivity index (χ4n) is 2.48.